The Morgan fingerprint density at radius 3 is 2.74 bits per heavy atom. The lowest BCUT2D eigenvalue weighted by Gasteiger charge is -2.01. The van der Waals surface area contributed by atoms with Crippen molar-refractivity contribution in [2.45, 2.75) is 18.0 Å². The highest BCUT2D eigenvalue weighted by molar-refractivity contribution is 7.99. The quantitative estimate of drug-likeness (QED) is 0.780. The van der Waals surface area contributed by atoms with Crippen LogP contribution in [0.25, 0.3) is 0 Å². The van der Waals surface area contributed by atoms with Gasteiger partial charge in [-0.3, -0.25) is 0 Å². The van der Waals surface area contributed by atoms with Gasteiger partial charge in [-0.1, -0.05) is 11.8 Å². The third kappa shape index (κ3) is 5.02. The summed E-state index contributed by atoms with van der Waals surface area (Å²) in [6.45, 7) is 0.600. The molecule has 9 heteroatoms. The molecule has 0 unspecified atom stereocenters. The normalized spacial score (nSPS) is 9.79. The number of hydrogen-bond donors (Lipinski definition) is 2. The van der Waals surface area contributed by atoms with Crippen LogP contribution in [0.4, 0.5) is 0 Å². The van der Waals surface area contributed by atoms with E-state index >= 15 is 0 Å². The molecule has 0 atom stereocenters. The summed E-state index contributed by atoms with van der Waals surface area (Å²) >= 11 is 1.68. The first-order chi connectivity index (χ1) is 8.31. The Balaban J connectivity index is 0.00000162. The minimum absolute atomic E-state index is 0. The van der Waals surface area contributed by atoms with E-state index in [-0.39, 0.29) is 24.8 Å². The number of imidazole rings is 1. The first kappa shape index (κ1) is 18.2. The molecule has 19 heavy (non-hydrogen) atoms. The average molecular weight is 325 g/mol. The number of aromatic amines is 1. The van der Waals surface area contributed by atoms with Gasteiger partial charge in [0, 0.05) is 38.0 Å². The number of rotatable bonds is 6. The monoisotopic (exact) mass is 324 g/mol. The highest BCUT2D eigenvalue weighted by Crippen LogP contribution is 2.16. The molecule has 0 bridgehead atoms. The van der Waals surface area contributed by atoms with E-state index < -0.39 is 0 Å². The van der Waals surface area contributed by atoms with Gasteiger partial charge in [0.25, 0.3) is 0 Å². The third-order valence-corrected chi connectivity index (χ3v) is 3.44. The third-order valence-electron chi connectivity index (χ3n) is 2.42. The molecular formula is C10H18Cl2N6S. The summed E-state index contributed by atoms with van der Waals surface area (Å²) in [4.78, 5) is 7.26. The average Bonchev–Trinajstić information content (AvgIpc) is 2.94. The largest absolute Gasteiger partial charge is 0.349 e. The van der Waals surface area contributed by atoms with Crippen molar-refractivity contribution in [2.24, 2.45) is 12.8 Å². The second kappa shape index (κ2) is 9.19. The van der Waals surface area contributed by atoms with Gasteiger partial charge in [0.05, 0.1) is 0 Å². The summed E-state index contributed by atoms with van der Waals surface area (Å²) in [6, 6.07) is 0. The maximum atomic E-state index is 5.50. The van der Waals surface area contributed by atoms with E-state index in [0.717, 1.165) is 35.4 Å². The highest BCUT2D eigenvalue weighted by Gasteiger charge is 2.08. The van der Waals surface area contributed by atoms with E-state index in [4.69, 9.17) is 5.73 Å². The predicted octanol–water partition coefficient (Wildman–Crippen LogP) is 1.22. The maximum absolute atomic E-state index is 5.50. The molecule has 0 aliphatic rings. The van der Waals surface area contributed by atoms with Gasteiger partial charge in [-0.15, -0.1) is 35.0 Å². The van der Waals surface area contributed by atoms with Gasteiger partial charge in [0.1, 0.15) is 11.6 Å². The van der Waals surface area contributed by atoms with E-state index in [2.05, 4.69) is 20.2 Å². The lowest BCUT2D eigenvalue weighted by Crippen LogP contribution is -2.08. The zero-order chi connectivity index (χ0) is 12.1. The number of H-pyrrole nitrogens is 1. The topological polar surface area (TPSA) is 85.4 Å². The molecular weight excluding hydrogens is 307 g/mol. The van der Waals surface area contributed by atoms with Crippen LogP contribution in [0.1, 0.15) is 11.6 Å². The number of aromatic nitrogens is 5. The number of aryl methyl sites for hydroxylation is 1. The Morgan fingerprint density at radius 2 is 2.11 bits per heavy atom. The summed E-state index contributed by atoms with van der Waals surface area (Å²) in [5.41, 5.74) is 5.50. The lowest BCUT2D eigenvalue weighted by molar-refractivity contribution is 0.726. The van der Waals surface area contributed by atoms with Gasteiger partial charge in [-0.25, -0.2) is 4.98 Å². The van der Waals surface area contributed by atoms with E-state index in [1.165, 1.54) is 0 Å². The van der Waals surface area contributed by atoms with Crippen molar-refractivity contribution in [3.05, 3.63) is 24.0 Å². The first-order valence-corrected chi connectivity index (χ1v) is 6.49. The summed E-state index contributed by atoms with van der Waals surface area (Å²) < 4.78 is 2.00. The predicted molar refractivity (Wildman–Crippen MR) is 81.3 cm³/mol. The van der Waals surface area contributed by atoms with Crippen molar-refractivity contribution in [3.63, 3.8) is 0 Å². The number of nitrogens with one attached hydrogen (secondary N) is 1. The van der Waals surface area contributed by atoms with Gasteiger partial charge in [-0.2, -0.15) is 0 Å². The number of halogens is 2. The van der Waals surface area contributed by atoms with Gasteiger partial charge in [-0.05, 0) is 6.54 Å². The summed E-state index contributed by atoms with van der Waals surface area (Å²) in [5.74, 6) is 2.87. The Labute approximate surface area is 128 Å². The number of nitrogens with zero attached hydrogens (tertiary/aromatic N) is 4. The van der Waals surface area contributed by atoms with Crippen LogP contribution < -0.4 is 5.73 Å². The first-order valence-electron chi connectivity index (χ1n) is 5.50. The molecule has 0 saturated carbocycles. The molecule has 6 nitrogen and oxygen atoms in total. The summed E-state index contributed by atoms with van der Waals surface area (Å²) in [7, 11) is 1.97. The van der Waals surface area contributed by atoms with Crippen LogP contribution in [0.3, 0.4) is 0 Å². The van der Waals surface area contributed by atoms with Gasteiger partial charge in [0.2, 0.25) is 0 Å². The molecule has 0 aliphatic carbocycles. The van der Waals surface area contributed by atoms with Crippen molar-refractivity contribution in [1.29, 1.82) is 0 Å². The number of thioether (sulfide) groups is 1. The minimum Gasteiger partial charge on any atom is -0.349 e. The molecule has 2 heterocycles. The van der Waals surface area contributed by atoms with E-state index in [9.17, 15) is 0 Å². The zero-order valence-corrected chi connectivity index (χ0v) is 13.0. The molecule has 0 spiro atoms. The zero-order valence-electron chi connectivity index (χ0n) is 10.6. The smallest absolute Gasteiger partial charge is 0.190 e. The fourth-order valence-corrected chi connectivity index (χ4v) is 2.37. The Bertz CT molecular complexity index is 459. The van der Waals surface area contributed by atoms with Crippen molar-refractivity contribution >= 4 is 36.6 Å². The van der Waals surface area contributed by atoms with E-state index in [1.54, 1.807) is 18.0 Å². The molecule has 0 radical (unpaired) electrons. The molecule has 2 aromatic rings. The Morgan fingerprint density at radius 1 is 1.32 bits per heavy atom. The Kier molecular flexibility index (Phi) is 8.82. The van der Waals surface area contributed by atoms with E-state index in [0.29, 0.717) is 6.54 Å². The fourth-order valence-electron chi connectivity index (χ4n) is 1.49. The summed E-state index contributed by atoms with van der Waals surface area (Å²) in [5, 5.41) is 9.18. The van der Waals surface area contributed by atoms with E-state index in [1.807, 2.05) is 17.8 Å². The number of hydrogen-bond acceptors (Lipinski definition) is 5. The van der Waals surface area contributed by atoms with Crippen LogP contribution in [0, 0.1) is 0 Å². The van der Waals surface area contributed by atoms with Crippen molar-refractivity contribution in [1.82, 2.24) is 24.7 Å². The molecule has 3 N–H and O–H groups in total. The Hall–Kier alpha value is -0.760. The fraction of sp³-hybridized carbons (Fsp3) is 0.500. The van der Waals surface area contributed by atoms with Gasteiger partial charge >= 0.3 is 0 Å². The molecule has 0 fully saturated rings. The van der Waals surface area contributed by atoms with Crippen LogP contribution >= 0.6 is 36.6 Å². The van der Waals surface area contributed by atoms with Crippen LogP contribution in [0.2, 0.25) is 0 Å². The van der Waals surface area contributed by atoms with Gasteiger partial charge in [0.15, 0.2) is 5.16 Å². The van der Waals surface area contributed by atoms with Crippen LogP contribution in [0.15, 0.2) is 17.6 Å². The SMILES string of the molecule is Cl.Cl.Cn1c(CCN)nnc1SCCc1ncc[nH]1. The molecule has 0 aliphatic heterocycles. The second-order valence-electron chi connectivity index (χ2n) is 3.63. The second-order valence-corrected chi connectivity index (χ2v) is 4.69. The molecule has 0 amide bonds. The molecule has 2 rings (SSSR count). The van der Waals surface area contributed by atoms with Crippen LogP contribution in [-0.2, 0) is 19.9 Å². The molecule has 0 aromatic carbocycles. The maximum Gasteiger partial charge on any atom is 0.190 e. The van der Waals surface area contributed by atoms with Crippen molar-refractivity contribution in [2.75, 3.05) is 12.3 Å². The molecule has 0 saturated heterocycles. The number of nitrogens with two attached hydrogens (primary N) is 1. The highest BCUT2D eigenvalue weighted by atomic mass is 35.5. The van der Waals surface area contributed by atoms with Crippen LogP contribution in [0.5, 0.6) is 0 Å². The lowest BCUT2D eigenvalue weighted by atomic mass is 10.4. The van der Waals surface area contributed by atoms with Gasteiger partial charge < -0.3 is 15.3 Å². The molecule has 108 valence electrons. The summed E-state index contributed by atoms with van der Waals surface area (Å²) in [6.07, 6.45) is 5.27. The van der Waals surface area contributed by atoms with Crippen molar-refractivity contribution < 1.29 is 0 Å². The minimum atomic E-state index is 0. The van der Waals surface area contributed by atoms with Crippen molar-refractivity contribution in [3.8, 4) is 0 Å². The van der Waals surface area contributed by atoms with Crippen LogP contribution in [-0.4, -0.2) is 37.0 Å². The molecule has 2 aromatic heterocycles. The standard InChI is InChI=1S/C10H16N6S.2ClH/c1-16-9(2-4-11)14-15-10(16)17-7-3-8-12-5-6-13-8;;/h5-6H,2-4,7,11H2,1H3,(H,12,13);2*1H.